The molecule has 0 saturated carbocycles. The number of hydrogen-bond acceptors (Lipinski definition) is 2. The van der Waals surface area contributed by atoms with Crippen molar-refractivity contribution in [1.29, 1.82) is 0 Å². The van der Waals surface area contributed by atoms with E-state index in [9.17, 15) is 4.79 Å². The maximum Gasteiger partial charge on any atom is 0.216 e. The molecule has 0 bridgehead atoms. The van der Waals surface area contributed by atoms with Crippen LogP contribution in [0.5, 0.6) is 0 Å². The number of carbonyl (C=O) groups is 1. The summed E-state index contributed by atoms with van der Waals surface area (Å²) in [5, 5.41) is 11.1. The minimum absolute atomic E-state index is 0.0460. The van der Waals surface area contributed by atoms with Gasteiger partial charge in [0.05, 0.1) is 0 Å². The summed E-state index contributed by atoms with van der Waals surface area (Å²) in [5.74, 6) is 0.115. The predicted molar refractivity (Wildman–Crippen MR) is 34.9 cm³/mol. The minimum atomic E-state index is -0.0460. The van der Waals surface area contributed by atoms with Gasteiger partial charge in [0.2, 0.25) is 5.91 Å². The molecule has 1 amide bonds. The normalized spacial score (nSPS) is 12.8. The van der Waals surface area contributed by atoms with Crippen molar-refractivity contribution in [2.75, 3.05) is 13.2 Å². The topological polar surface area (TPSA) is 49.3 Å². The molecule has 0 aliphatic heterocycles. The van der Waals surface area contributed by atoms with E-state index in [0.29, 0.717) is 6.54 Å². The van der Waals surface area contributed by atoms with Gasteiger partial charge in [-0.1, -0.05) is 6.92 Å². The molecule has 3 nitrogen and oxygen atoms in total. The zero-order valence-electron chi connectivity index (χ0n) is 5.85. The molecule has 0 spiro atoms. The van der Waals surface area contributed by atoms with Gasteiger partial charge in [0.1, 0.15) is 0 Å². The van der Waals surface area contributed by atoms with Gasteiger partial charge in [-0.25, -0.2) is 0 Å². The van der Waals surface area contributed by atoms with Crippen LogP contribution in [-0.4, -0.2) is 24.2 Å². The lowest BCUT2D eigenvalue weighted by Gasteiger charge is -2.06. The van der Waals surface area contributed by atoms with E-state index in [2.05, 4.69) is 5.32 Å². The second-order valence-corrected chi connectivity index (χ2v) is 2.22. The Balaban J connectivity index is 3.16. The van der Waals surface area contributed by atoms with Crippen LogP contribution in [0.25, 0.3) is 0 Å². The first kappa shape index (κ1) is 8.43. The van der Waals surface area contributed by atoms with Gasteiger partial charge >= 0.3 is 0 Å². The van der Waals surface area contributed by atoms with Crippen molar-refractivity contribution < 1.29 is 9.90 Å². The Bertz CT molecular complexity index is 93.1. The van der Waals surface area contributed by atoms with E-state index < -0.39 is 0 Å². The van der Waals surface area contributed by atoms with Crippen LogP contribution in [0.3, 0.4) is 0 Å². The molecule has 1 atom stereocenters. The first-order valence-electron chi connectivity index (χ1n) is 3.02. The van der Waals surface area contributed by atoms with E-state index in [4.69, 9.17) is 5.11 Å². The average molecular weight is 131 g/mol. The van der Waals surface area contributed by atoms with Gasteiger partial charge in [0, 0.05) is 20.1 Å². The Kier molecular flexibility index (Phi) is 4.05. The van der Waals surface area contributed by atoms with Crippen LogP contribution < -0.4 is 5.32 Å². The summed E-state index contributed by atoms with van der Waals surface area (Å²) in [4.78, 5) is 10.3. The minimum Gasteiger partial charge on any atom is -0.396 e. The number of hydrogen-bond donors (Lipinski definition) is 2. The second-order valence-electron chi connectivity index (χ2n) is 2.22. The molecular weight excluding hydrogens is 118 g/mol. The maximum absolute atomic E-state index is 10.3. The molecule has 54 valence electrons. The van der Waals surface area contributed by atoms with Crippen LogP contribution in [0.2, 0.25) is 0 Å². The molecule has 0 fully saturated rings. The maximum atomic E-state index is 10.3. The zero-order valence-corrected chi connectivity index (χ0v) is 5.85. The Morgan fingerprint density at radius 3 is 2.67 bits per heavy atom. The van der Waals surface area contributed by atoms with Crippen LogP contribution in [-0.2, 0) is 4.79 Å². The van der Waals surface area contributed by atoms with Crippen LogP contribution in [0.4, 0.5) is 0 Å². The van der Waals surface area contributed by atoms with E-state index >= 15 is 0 Å². The summed E-state index contributed by atoms with van der Waals surface area (Å²) in [7, 11) is 0. The van der Waals surface area contributed by atoms with E-state index in [1.54, 1.807) is 0 Å². The third-order valence-corrected chi connectivity index (χ3v) is 1.01. The lowest BCUT2D eigenvalue weighted by atomic mass is 10.2. The standard InChI is InChI=1S/C6H13NO2/c1-5(4-8)3-7-6(2)9/h5,8H,3-4H2,1-2H3,(H,7,9)/t5-/m0/s1. The van der Waals surface area contributed by atoms with Gasteiger partial charge in [-0.3, -0.25) is 4.79 Å². The number of carbonyl (C=O) groups excluding carboxylic acids is 1. The van der Waals surface area contributed by atoms with Crippen molar-refractivity contribution in [2.24, 2.45) is 5.92 Å². The average Bonchev–Trinajstić information content (AvgIpc) is 1.83. The van der Waals surface area contributed by atoms with Crippen molar-refractivity contribution in [3.63, 3.8) is 0 Å². The summed E-state index contributed by atoms with van der Waals surface area (Å²) in [6, 6.07) is 0. The molecule has 0 unspecified atom stereocenters. The third kappa shape index (κ3) is 5.30. The van der Waals surface area contributed by atoms with Crippen molar-refractivity contribution in [3.05, 3.63) is 0 Å². The fourth-order valence-corrected chi connectivity index (χ4v) is 0.383. The van der Waals surface area contributed by atoms with E-state index in [0.717, 1.165) is 0 Å². The molecule has 0 radical (unpaired) electrons. The van der Waals surface area contributed by atoms with E-state index in [1.807, 2.05) is 6.92 Å². The molecule has 0 saturated heterocycles. The highest BCUT2D eigenvalue weighted by atomic mass is 16.3. The molecule has 0 aromatic rings. The summed E-state index contributed by atoms with van der Waals surface area (Å²) < 4.78 is 0. The van der Waals surface area contributed by atoms with Crippen molar-refractivity contribution in [2.45, 2.75) is 13.8 Å². The van der Waals surface area contributed by atoms with Gasteiger partial charge < -0.3 is 10.4 Å². The molecule has 0 heterocycles. The fraction of sp³-hybridized carbons (Fsp3) is 0.833. The van der Waals surface area contributed by atoms with E-state index in [-0.39, 0.29) is 18.4 Å². The summed E-state index contributed by atoms with van der Waals surface area (Å²) >= 11 is 0. The van der Waals surface area contributed by atoms with Crippen molar-refractivity contribution in [1.82, 2.24) is 5.32 Å². The monoisotopic (exact) mass is 131 g/mol. The van der Waals surface area contributed by atoms with Gasteiger partial charge in [0.15, 0.2) is 0 Å². The van der Waals surface area contributed by atoms with Crippen LogP contribution in [0, 0.1) is 5.92 Å². The first-order chi connectivity index (χ1) is 4.16. The lowest BCUT2D eigenvalue weighted by molar-refractivity contribution is -0.119. The fourth-order valence-electron chi connectivity index (χ4n) is 0.383. The lowest BCUT2D eigenvalue weighted by Crippen LogP contribution is -2.27. The summed E-state index contributed by atoms with van der Waals surface area (Å²) in [6.07, 6.45) is 0. The second kappa shape index (κ2) is 4.32. The number of aliphatic hydroxyl groups is 1. The third-order valence-electron chi connectivity index (χ3n) is 1.01. The Hall–Kier alpha value is -0.570. The van der Waals surface area contributed by atoms with E-state index in [1.165, 1.54) is 6.92 Å². The number of aliphatic hydroxyl groups excluding tert-OH is 1. The van der Waals surface area contributed by atoms with Gasteiger partial charge in [-0.15, -0.1) is 0 Å². The van der Waals surface area contributed by atoms with Gasteiger partial charge in [-0.2, -0.15) is 0 Å². The molecular formula is C6H13NO2. The number of nitrogens with one attached hydrogen (secondary N) is 1. The van der Waals surface area contributed by atoms with Crippen molar-refractivity contribution in [3.8, 4) is 0 Å². The number of rotatable bonds is 3. The first-order valence-corrected chi connectivity index (χ1v) is 3.02. The van der Waals surface area contributed by atoms with Crippen LogP contribution in [0.1, 0.15) is 13.8 Å². The molecule has 0 rings (SSSR count). The molecule has 0 aromatic heterocycles. The summed E-state index contributed by atoms with van der Waals surface area (Å²) in [5.41, 5.74) is 0. The highest BCUT2D eigenvalue weighted by molar-refractivity contribution is 5.72. The Morgan fingerprint density at radius 1 is 1.78 bits per heavy atom. The van der Waals surface area contributed by atoms with Crippen LogP contribution in [0.15, 0.2) is 0 Å². The van der Waals surface area contributed by atoms with Gasteiger partial charge in [-0.05, 0) is 5.92 Å². The predicted octanol–water partition coefficient (Wildman–Crippen LogP) is -0.249. The molecule has 0 aliphatic rings. The smallest absolute Gasteiger partial charge is 0.216 e. The quantitative estimate of drug-likeness (QED) is 0.555. The molecule has 0 aliphatic carbocycles. The zero-order chi connectivity index (χ0) is 7.28. The van der Waals surface area contributed by atoms with Crippen molar-refractivity contribution >= 4 is 5.91 Å². The largest absolute Gasteiger partial charge is 0.396 e. The number of amides is 1. The molecule has 0 aromatic carbocycles. The molecule has 9 heavy (non-hydrogen) atoms. The Labute approximate surface area is 55.1 Å². The highest BCUT2D eigenvalue weighted by Gasteiger charge is 1.98. The molecule has 2 N–H and O–H groups in total. The molecule has 3 heteroatoms. The highest BCUT2D eigenvalue weighted by Crippen LogP contribution is 1.87. The van der Waals surface area contributed by atoms with Crippen LogP contribution >= 0.6 is 0 Å². The SMILES string of the molecule is CC(=O)NC[C@H](C)CO. The Morgan fingerprint density at radius 2 is 2.33 bits per heavy atom. The summed E-state index contributed by atoms with van der Waals surface area (Å²) in [6.45, 7) is 4.02. The van der Waals surface area contributed by atoms with Gasteiger partial charge in [0.25, 0.3) is 0 Å².